The van der Waals surface area contributed by atoms with Gasteiger partial charge in [-0.15, -0.1) is 0 Å². The van der Waals surface area contributed by atoms with Crippen LogP contribution in [0.15, 0.2) is 24.3 Å². The second-order valence-electron chi connectivity index (χ2n) is 4.55. The van der Waals surface area contributed by atoms with Crippen LogP contribution in [0.25, 0.3) is 0 Å². The predicted molar refractivity (Wildman–Crippen MR) is 75.4 cm³/mol. The largest absolute Gasteiger partial charge is 0.343 e. The molecule has 4 heteroatoms. The fourth-order valence-electron chi connectivity index (χ4n) is 2.02. The van der Waals surface area contributed by atoms with Crippen LogP contribution in [-0.4, -0.2) is 30.4 Å². The summed E-state index contributed by atoms with van der Waals surface area (Å²) in [6, 6.07) is 6.57. The lowest BCUT2D eigenvalue weighted by Crippen LogP contribution is -2.33. The Labute approximate surface area is 114 Å². The minimum Gasteiger partial charge on any atom is -0.343 e. The second-order valence-corrected chi connectivity index (χ2v) is 4.55. The molecule has 1 rings (SSSR count). The molecular formula is C15H23FN2O. The van der Waals surface area contributed by atoms with Crippen molar-refractivity contribution in [2.45, 2.75) is 33.2 Å². The molecule has 0 aliphatic rings. The van der Waals surface area contributed by atoms with Gasteiger partial charge in [-0.25, -0.2) is 4.39 Å². The number of carbonyl (C=O) groups excluding carboxylic acids is 1. The smallest absolute Gasteiger partial charge is 0.223 e. The van der Waals surface area contributed by atoms with Gasteiger partial charge < -0.3 is 10.2 Å². The molecule has 1 amide bonds. The van der Waals surface area contributed by atoms with Gasteiger partial charge in [0.15, 0.2) is 0 Å². The van der Waals surface area contributed by atoms with Crippen molar-refractivity contribution in [3.63, 3.8) is 0 Å². The van der Waals surface area contributed by atoms with E-state index >= 15 is 0 Å². The van der Waals surface area contributed by atoms with E-state index < -0.39 is 0 Å². The van der Waals surface area contributed by atoms with Crippen molar-refractivity contribution in [2.24, 2.45) is 0 Å². The van der Waals surface area contributed by atoms with E-state index in [2.05, 4.69) is 5.32 Å². The summed E-state index contributed by atoms with van der Waals surface area (Å²) < 4.78 is 13.1. The van der Waals surface area contributed by atoms with E-state index in [1.807, 2.05) is 31.7 Å². The highest BCUT2D eigenvalue weighted by molar-refractivity contribution is 5.76. The zero-order valence-electron chi connectivity index (χ0n) is 11.9. The lowest BCUT2D eigenvalue weighted by molar-refractivity contribution is -0.130. The Bertz CT molecular complexity index is 405. The summed E-state index contributed by atoms with van der Waals surface area (Å²) in [7, 11) is 0. The maximum Gasteiger partial charge on any atom is 0.223 e. The van der Waals surface area contributed by atoms with E-state index in [-0.39, 0.29) is 17.8 Å². The third-order valence-electron chi connectivity index (χ3n) is 3.25. The third kappa shape index (κ3) is 4.99. The molecule has 1 atom stereocenters. The van der Waals surface area contributed by atoms with Gasteiger partial charge in [0.2, 0.25) is 5.91 Å². The van der Waals surface area contributed by atoms with Gasteiger partial charge >= 0.3 is 0 Å². The molecule has 3 nitrogen and oxygen atoms in total. The first-order valence-electron chi connectivity index (χ1n) is 6.85. The number of nitrogens with zero attached hydrogens (tertiary/aromatic N) is 1. The first-order chi connectivity index (χ1) is 9.08. The van der Waals surface area contributed by atoms with Gasteiger partial charge in [-0.1, -0.05) is 12.1 Å². The van der Waals surface area contributed by atoms with E-state index in [1.165, 1.54) is 12.1 Å². The lowest BCUT2D eigenvalue weighted by atomic mass is 10.1. The molecule has 0 radical (unpaired) electrons. The van der Waals surface area contributed by atoms with Gasteiger partial charge in [-0.2, -0.15) is 0 Å². The zero-order valence-corrected chi connectivity index (χ0v) is 11.9. The minimum absolute atomic E-state index is 0.0419. The number of benzene rings is 1. The molecule has 1 aromatic carbocycles. The molecule has 0 heterocycles. The highest BCUT2D eigenvalue weighted by atomic mass is 19.1. The summed E-state index contributed by atoms with van der Waals surface area (Å²) in [5.74, 6) is -0.0747. The molecule has 0 aliphatic carbocycles. The van der Waals surface area contributed by atoms with Crippen molar-refractivity contribution in [3.8, 4) is 0 Å². The second kappa shape index (κ2) is 7.89. The number of halogens is 1. The van der Waals surface area contributed by atoms with Gasteiger partial charge in [0.25, 0.3) is 0 Å². The van der Waals surface area contributed by atoms with Gasteiger partial charge in [-0.3, -0.25) is 4.79 Å². The molecule has 0 aromatic heterocycles. The van der Waals surface area contributed by atoms with Crippen LogP contribution in [0.4, 0.5) is 4.39 Å². The quantitative estimate of drug-likeness (QED) is 0.823. The first-order valence-corrected chi connectivity index (χ1v) is 6.85. The Kier molecular flexibility index (Phi) is 6.50. The SMILES string of the molecule is CCN(CC)C(=O)CCNC(C)c1cccc(F)c1. The van der Waals surface area contributed by atoms with E-state index in [9.17, 15) is 9.18 Å². The summed E-state index contributed by atoms with van der Waals surface area (Å²) in [5, 5.41) is 3.25. The summed E-state index contributed by atoms with van der Waals surface area (Å²) in [5.41, 5.74) is 0.898. The highest BCUT2D eigenvalue weighted by Gasteiger charge is 2.10. The van der Waals surface area contributed by atoms with Crippen molar-refractivity contribution in [3.05, 3.63) is 35.6 Å². The first kappa shape index (κ1) is 15.6. The van der Waals surface area contributed by atoms with Crippen molar-refractivity contribution < 1.29 is 9.18 Å². The number of amides is 1. The topological polar surface area (TPSA) is 32.3 Å². The Balaban J connectivity index is 2.39. The monoisotopic (exact) mass is 266 g/mol. The van der Waals surface area contributed by atoms with Crippen LogP contribution in [0, 0.1) is 5.82 Å². The molecule has 19 heavy (non-hydrogen) atoms. The van der Waals surface area contributed by atoms with Crippen molar-refractivity contribution in [1.29, 1.82) is 0 Å². The predicted octanol–water partition coefficient (Wildman–Crippen LogP) is 2.73. The standard InChI is InChI=1S/C15H23FN2O/c1-4-18(5-2)15(19)9-10-17-12(3)13-7-6-8-14(16)11-13/h6-8,11-12,17H,4-5,9-10H2,1-3H3. The maximum atomic E-state index is 13.1. The molecular weight excluding hydrogens is 243 g/mol. The molecule has 0 spiro atoms. The zero-order chi connectivity index (χ0) is 14.3. The summed E-state index contributed by atoms with van der Waals surface area (Å²) in [6.45, 7) is 8.02. The van der Waals surface area contributed by atoms with Crippen LogP contribution in [-0.2, 0) is 4.79 Å². The normalized spacial score (nSPS) is 12.2. The lowest BCUT2D eigenvalue weighted by Gasteiger charge is -2.20. The van der Waals surface area contributed by atoms with Gasteiger partial charge in [0.1, 0.15) is 5.82 Å². The molecule has 1 unspecified atom stereocenters. The molecule has 1 aromatic rings. The summed E-state index contributed by atoms with van der Waals surface area (Å²) >= 11 is 0. The van der Waals surface area contributed by atoms with E-state index in [0.29, 0.717) is 13.0 Å². The van der Waals surface area contributed by atoms with Crippen LogP contribution in [0.3, 0.4) is 0 Å². The molecule has 0 aliphatic heterocycles. The van der Waals surface area contributed by atoms with Crippen molar-refractivity contribution >= 4 is 5.91 Å². The van der Waals surface area contributed by atoms with Gasteiger partial charge in [0.05, 0.1) is 0 Å². The third-order valence-corrected chi connectivity index (χ3v) is 3.25. The van der Waals surface area contributed by atoms with Crippen molar-refractivity contribution in [1.82, 2.24) is 10.2 Å². The number of nitrogens with one attached hydrogen (secondary N) is 1. The fourth-order valence-corrected chi connectivity index (χ4v) is 2.02. The van der Waals surface area contributed by atoms with Crippen LogP contribution in [0.1, 0.15) is 38.8 Å². The highest BCUT2D eigenvalue weighted by Crippen LogP contribution is 2.13. The maximum absolute atomic E-state index is 13.1. The summed E-state index contributed by atoms with van der Waals surface area (Å²) in [6.07, 6.45) is 0.474. The molecule has 0 fully saturated rings. The van der Waals surface area contributed by atoms with Crippen LogP contribution in [0.2, 0.25) is 0 Å². The van der Waals surface area contributed by atoms with E-state index in [1.54, 1.807) is 6.07 Å². The van der Waals surface area contributed by atoms with Gasteiger partial charge in [0, 0.05) is 32.1 Å². The Hall–Kier alpha value is -1.42. The number of hydrogen-bond acceptors (Lipinski definition) is 2. The number of hydrogen-bond donors (Lipinski definition) is 1. The number of rotatable bonds is 7. The minimum atomic E-state index is -0.231. The molecule has 0 saturated carbocycles. The van der Waals surface area contributed by atoms with E-state index in [4.69, 9.17) is 0 Å². The molecule has 1 N–H and O–H groups in total. The van der Waals surface area contributed by atoms with Crippen molar-refractivity contribution in [2.75, 3.05) is 19.6 Å². The molecule has 0 saturated heterocycles. The Morgan fingerprint density at radius 2 is 2.05 bits per heavy atom. The Morgan fingerprint density at radius 3 is 2.63 bits per heavy atom. The van der Waals surface area contributed by atoms with E-state index in [0.717, 1.165) is 18.7 Å². The van der Waals surface area contributed by atoms with Crippen LogP contribution < -0.4 is 5.32 Å². The molecule has 0 bridgehead atoms. The average molecular weight is 266 g/mol. The molecule has 106 valence electrons. The summed E-state index contributed by atoms with van der Waals surface area (Å²) in [4.78, 5) is 13.6. The van der Waals surface area contributed by atoms with Crippen LogP contribution in [0.5, 0.6) is 0 Å². The number of carbonyl (C=O) groups is 1. The Morgan fingerprint density at radius 1 is 1.37 bits per heavy atom. The van der Waals surface area contributed by atoms with Gasteiger partial charge in [-0.05, 0) is 38.5 Å². The fraction of sp³-hybridized carbons (Fsp3) is 0.533. The average Bonchev–Trinajstić information content (AvgIpc) is 2.40. The van der Waals surface area contributed by atoms with Crippen LogP contribution >= 0.6 is 0 Å².